The van der Waals surface area contributed by atoms with Crippen LogP contribution in [0.3, 0.4) is 0 Å². The van der Waals surface area contributed by atoms with Gasteiger partial charge in [-0.25, -0.2) is 0 Å². The SMILES string of the molecule is O=CNc1ccc2c(O)cc(S(=O)(=O)O)cc2c1. The van der Waals surface area contributed by atoms with E-state index in [0.29, 0.717) is 22.9 Å². The van der Waals surface area contributed by atoms with Crippen LogP contribution >= 0.6 is 0 Å². The molecule has 1 amide bonds. The first kappa shape index (κ1) is 12.3. The minimum atomic E-state index is -4.39. The lowest BCUT2D eigenvalue weighted by Crippen LogP contribution is -1.98. The van der Waals surface area contributed by atoms with Gasteiger partial charge in [-0.1, -0.05) is 0 Å². The van der Waals surface area contributed by atoms with E-state index in [1.54, 1.807) is 6.07 Å². The van der Waals surface area contributed by atoms with Crippen LogP contribution in [0.1, 0.15) is 0 Å². The first-order chi connectivity index (χ1) is 8.41. The number of phenolic OH excluding ortho intramolecular Hbond substituents is 1. The van der Waals surface area contributed by atoms with Gasteiger partial charge in [0.15, 0.2) is 0 Å². The van der Waals surface area contributed by atoms with Gasteiger partial charge in [0.2, 0.25) is 6.41 Å². The van der Waals surface area contributed by atoms with Crippen LogP contribution in [-0.2, 0) is 14.9 Å². The average molecular weight is 267 g/mol. The smallest absolute Gasteiger partial charge is 0.294 e. The summed E-state index contributed by atoms with van der Waals surface area (Å²) in [5.74, 6) is -0.266. The van der Waals surface area contributed by atoms with Crippen molar-refractivity contribution in [1.82, 2.24) is 0 Å². The lowest BCUT2D eigenvalue weighted by Gasteiger charge is -2.06. The second kappa shape index (κ2) is 4.28. The molecule has 0 spiro atoms. The molecule has 0 aliphatic carbocycles. The molecule has 94 valence electrons. The van der Waals surface area contributed by atoms with Gasteiger partial charge in [0, 0.05) is 17.1 Å². The molecule has 2 aromatic carbocycles. The molecule has 0 bridgehead atoms. The summed E-state index contributed by atoms with van der Waals surface area (Å²) < 4.78 is 31.0. The van der Waals surface area contributed by atoms with Crippen molar-refractivity contribution in [2.75, 3.05) is 5.32 Å². The van der Waals surface area contributed by atoms with Gasteiger partial charge in [0.1, 0.15) is 5.75 Å². The number of carbonyl (C=O) groups is 1. The number of rotatable bonds is 3. The standard InChI is InChI=1S/C11H9NO5S/c13-6-12-8-1-2-10-7(3-8)4-9(5-11(10)14)18(15,16)17/h1-6,14H,(H,12,13)(H,15,16,17). The highest BCUT2D eigenvalue weighted by molar-refractivity contribution is 7.85. The summed E-state index contributed by atoms with van der Waals surface area (Å²) in [4.78, 5) is 9.90. The van der Waals surface area contributed by atoms with E-state index in [0.717, 1.165) is 6.07 Å². The zero-order valence-electron chi connectivity index (χ0n) is 8.99. The van der Waals surface area contributed by atoms with E-state index in [9.17, 15) is 18.3 Å². The van der Waals surface area contributed by atoms with Crippen molar-refractivity contribution in [3.8, 4) is 5.75 Å². The second-order valence-electron chi connectivity index (χ2n) is 3.62. The molecule has 0 saturated heterocycles. The van der Waals surface area contributed by atoms with Crippen molar-refractivity contribution in [2.45, 2.75) is 4.90 Å². The number of anilines is 1. The fourth-order valence-electron chi connectivity index (χ4n) is 1.63. The quantitative estimate of drug-likeness (QED) is 0.575. The van der Waals surface area contributed by atoms with Crippen molar-refractivity contribution in [1.29, 1.82) is 0 Å². The van der Waals surface area contributed by atoms with E-state index >= 15 is 0 Å². The Hall–Kier alpha value is -2.12. The van der Waals surface area contributed by atoms with E-state index in [1.165, 1.54) is 18.2 Å². The average Bonchev–Trinajstić information content (AvgIpc) is 2.27. The van der Waals surface area contributed by atoms with Crippen LogP contribution in [0.5, 0.6) is 5.75 Å². The Kier molecular flexibility index (Phi) is 2.93. The molecule has 0 aliphatic heterocycles. The number of hydrogen-bond acceptors (Lipinski definition) is 4. The Bertz CT molecular complexity index is 724. The Morgan fingerprint density at radius 3 is 2.50 bits per heavy atom. The second-order valence-corrected chi connectivity index (χ2v) is 5.04. The summed E-state index contributed by atoms with van der Waals surface area (Å²) in [5, 5.41) is 12.9. The van der Waals surface area contributed by atoms with Gasteiger partial charge in [-0.15, -0.1) is 0 Å². The van der Waals surface area contributed by atoms with Gasteiger partial charge < -0.3 is 10.4 Å². The normalized spacial score (nSPS) is 11.4. The molecule has 6 nitrogen and oxygen atoms in total. The van der Waals surface area contributed by atoms with Crippen LogP contribution in [0.25, 0.3) is 10.8 Å². The molecule has 0 fully saturated rings. The summed E-state index contributed by atoms with van der Waals surface area (Å²) in [6.07, 6.45) is 0.480. The molecule has 3 N–H and O–H groups in total. The molecule has 0 atom stereocenters. The van der Waals surface area contributed by atoms with Gasteiger partial charge in [0.05, 0.1) is 4.90 Å². The topological polar surface area (TPSA) is 104 Å². The first-order valence-electron chi connectivity index (χ1n) is 4.86. The monoisotopic (exact) mass is 267 g/mol. The molecule has 2 aromatic rings. The number of benzene rings is 2. The predicted octanol–water partition coefficient (Wildman–Crippen LogP) is 1.36. The summed E-state index contributed by atoms with van der Waals surface area (Å²) in [6.45, 7) is 0. The van der Waals surface area contributed by atoms with Gasteiger partial charge in [0.25, 0.3) is 10.1 Å². The minimum Gasteiger partial charge on any atom is -0.507 e. The molecule has 18 heavy (non-hydrogen) atoms. The van der Waals surface area contributed by atoms with Crippen LogP contribution < -0.4 is 5.32 Å². The third kappa shape index (κ3) is 2.27. The molecule has 0 unspecified atom stereocenters. The van der Waals surface area contributed by atoms with Gasteiger partial charge in [-0.2, -0.15) is 8.42 Å². The molecular weight excluding hydrogens is 258 g/mol. The summed E-state index contributed by atoms with van der Waals surface area (Å²) >= 11 is 0. The number of aromatic hydroxyl groups is 1. The lowest BCUT2D eigenvalue weighted by atomic mass is 10.1. The highest BCUT2D eigenvalue weighted by atomic mass is 32.2. The van der Waals surface area contributed by atoms with E-state index in [2.05, 4.69) is 5.32 Å². The molecule has 0 aromatic heterocycles. The Balaban J connectivity index is 2.72. The summed E-state index contributed by atoms with van der Waals surface area (Å²) in [5.41, 5.74) is 0.449. The number of hydrogen-bond donors (Lipinski definition) is 3. The largest absolute Gasteiger partial charge is 0.507 e. The van der Waals surface area contributed by atoms with E-state index in [1.807, 2.05) is 0 Å². The van der Waals surface area contributed by atoms with Crippen molar-refractivity contribution in [3.05, 3.63) is 30.3 Å². The Morgan fingerprint density at radius 1 is 1.17 bits per heavy atom. The third-order valence-corrected chi connectivity index (χ3v) is 3.26. The molecular formula is C11H9NO5S. The number of nitrogens with one attached hydrogen (secondary N) is 1. The fourth-order valence-corrected chi connectivity index (χ4v) is 2.17. The van der Waals surface area contributed by atoms with Crippen LogP contribution in [0, 0.1) is 0 Å². The van der Waals surface area contributed by atoms with E-state index in [-0.39, 0.29) is 5.75 Å². The van der Waals surface area contributed by atoms with Crippen molar-refractivity contribution < 1.29 is 22.9 Å². The summed E-state index contributed by atoms with van der Waals surface area (Å²) in [6, 6.07) is 6.75. The van der Waals surface area contributed by atoms with Crippen molar-refractivity contribution in [2.24, 2.45) is 0 Å². The van der Waals surface area contributed by atoms with Gasteiger partial charge >= 0.3 is 0 Å². The van der Waals surface area contributed by atoms with Gasteiger partial charge in [-0.3, -0.25) is 9.35 Å². The minimum absolute atomic E-state index is 0.266. The van der Waals surface area contributed by atoms with Crippen LogP contribution in [-0.4, -0.2) is 24.5 Å². The number of phenols is 1. The first-order valence-corrected chi connectivity index (χ1v) is 6.30. The molecule has 0 radical (unpaired) electrons. The molecule has 7 heteroatoms. The maximum Gasteiger partial charge on any atom is 0.294 e. The maximum absolute atomic E-state index is 11.0. The number of fused-ring (bicyclic) bond motifs is 1. The van der Waals surface area contributed by atoms with Crippen molar-refractivity contribution >= 4 is 33.0 Å². The Morgan fingerprint density at radius 2 is 1.89 bits per heavy atom. The number of carbonyl (C=O) groups excluding carboxylic acids is 1. The van der Waals surface area contributed by atoms with Crippen molar-refractivity contribution in [3.63, 3.8) is 0 Å². The maximum atomic E-state index is 11.0. The van der Waals surface area contributed by atoms with Crippen LogP contribution in [0.15, 0.2) is 35.2 Å². The predicted molar refractivity (Wildman–Crippen MR) is 65.1 cm³/mol. The fraction of sp³-hybridized carbons (Fsp3) is 0. The molecule has 0 aliphatic rings. The van der Waals surface area contributed by atoms with E-state index in [4.69, 9.17) is 4.55 Å². The lowest BCUT2D eigenvalue weighted by molar-refractivity contribution is -0.105. The van der Waals surface area contributed by atoms with Crippen LogP contribution in [0.2, 0.25) is 0 Å². The van der Waals surface area contributed by atoms with Crippen LogP contribution in [0.4, 0.5) is 5.69 Å². The van der Waals surface area contributed by atoms with Gasteiger partial charge in [-0.05, 0) is 29.7 Å². The Labute approximate surface area is 103 Å². The van der Waals surface area contributed by atoms with E-state index < -0.39 is 15.0 Å². The summed E-state index contributed by atoms with van der Waals surface area (Å²) in [7, 11) is -4.39. The molecule has 2 rings (SSSR count). The molecule has 0 saturated carbocycles. The highest BCUT2D eigenvalue weighted by Crippen LogP contribution is 2.30. The number of amides is 1. The highest BCUT2D eigenvalue weighted by Gasteiger charge is 2.13. The third-order valence-electron chi connectivity index (χ3n) is 2.43. The zero-order chi connectivity index (χ0) is 13.3. The molecule has 0 heterocycles. The zero-order valence-corrected chi connectivity index (χ0v) is 9.81.